The highest BCUT2D eigenvalue weighted by Gasteiger charge is 2.37. The van der Waals surface area contributed by atoms with Crippen LogP contribution in [0.4, 0.5) is 0 Å². The van der Waals surface area contributed by atoms with Crippen LogP contribution in [-0.4, -0.2) is 29.6 Å². The van der Waals surface area contributed by atoms with Crippen LogP contribution in [0, 0.1) is 5.92 Å². The fraction of sp³-hybridized carbons (Fsp3) is 1.00. The summed E-state index contributed by atoms with van der Waals surface area (Å²) in [5.41, 5.74) is 6.22. The maximum absolute atomic E-state index is 5.99. The minimum atomic E-state index is 0.234. The first-order chi connectivity index (χ1) is 7.27. The van der Waals surface area contributed by atoms with Gasteiger partial charge in [-0.25, -0.2) is 0 Å². The van der Waals surface area contributed by atoms with Crippen LogP contribution in [0.1, 0.15) is 39.0 Å². The highest BCUT2D eigenvalue weighted by molar-refractivity contribution is 8.00. The van der Waals surface area contributed by atoms with E-state index in [1.165, 1.54) is 44.4 Å². The van der Waals surface area contributed by atoms with Gasteiger partial charge in [-0.3, -0.25) is 0 Å². The van der Waals surface area contributed by atoms with E-state index in [9.17, 15) is 0 Å². The summed E-state index contributed by atoms with van der Waals surface area (Å²) in [6, 6.07) is 0. The highest BCUT2D eigenvalue weighted by Crippen LogP contribution is 2.35. The van der Waals surface area contributed by atoms with Gasteiger partial charge >= 0.3 is 0 Å². The second-order valence-electron chi connectivity index (χ2n) is 5.14. The van der Waals surface area contributed by atoms with Crippen molar-refractivity contribution < 1.29 is 0 Å². The molecule has 1 heterocycles. The molecule has 0 amide bonds. The van der Waals surface area contributed by atoms with E-state index < -0.39 is 0 Å². The summed E-state index contributed by atoms with van der Waals surface area (Å²) in [6.45, 7) is 4.30. The second-order valence-corrected chi connectivity index (χ2v) is 6.58. The Morgan fingerprint density at radius 1 is 1.47 bits per heavy atom. The molecule has 88 valence electrons. The maximum Gasteiger partial charge on any atom is 0.0421 e. The predicted octanol–water partition coefficient (Wildman–Crippen LogP) is 1.99. The lowest BCUT2D eigenvalue weighted by atomic mass is 9.89. The first kappa shape index (κ1) is 11.7. The predicted molar refractivity (Wildman–Crippen MR) is 68.3 cm³/mol. The molecule has 2 unspecified atom stereocenters. The molecule has 0 aromatic heterocycles. The molecule has 15 heavy (non-hydrogen) atoms. The molecule has 3 heteroatoms. The molecule has 1 saturated heterocycles. The van der Waals surface area contributed by atoms with Gasteiger partial charge in [-0.05, 0) is 37.5 Å². The van der Waals surface area contributed by atoms with Gasteiger partial charge in [0.2, 0.25) is 0 Å². The first-order valence-electron chi connectivity index (χ1n) is 6.33. The van der Waals surface area contributed by atoms with Crippen molar-refractivity contribution in [1.82, 2.24) is 5.32 Å². The summed E-state index contributed by atoms with van der Waals surface area (Å²) in [7, 11) is 0. The van der Waals surface area contributed by atoms with E-state index in [1.54, 1.807) is 0 Å². The largest absolute Gasteiger partial charge is 0.329 e. The van der Waals surface area contributed by atoms with Gasteiger partial charge in [0.1, 0.15) is 0 Å². The Labute approximate surface area is 97.8 Å². The highest BCUT2D eigenvalue weighted by atomic mass is 32.2. The monoisotopic (exact) mass is 228 g/mol. The molecule has 0 bridgehead atoms. The van der Waals surface area contributed by atoms with E-state index in [0.717, 1.165) is 12.5 Å². The minimum Gasteiger partial charge on any atom is -0.329 e. The lowest BCUT2D eigenvalue weighted by Gasteiger charge is -2.42. The Hall–Kier alpha value is 0.270. The van der Waals surface area contributed by atoms with E-state index >= 15 is 0 Å². The Kier molecular flexibility index (Phi) is 3.97. The zero-order chi connectivity index (χ0) is 10.7. The van der Waals surface area contributed by atoms with E-state index in [0.29, 0.717) is 5.25 Å². The standard InChI is InChI=1S/C12H24N2S/c1-10-12(9-13,6-2-8-15-10)14-7-5-11-3-4-11/h10-11,14H,2-9,13H2,1H3. The number of nitrogens with two attached hydrogens (primary N) is 1. The number of nitrogens with one attached hydrogen (secondary N) is 1. The Morgan fingerprint density at radius 3 is 2.87 bits per heavy atom. The van der Waals surface area contributed by atoms with Gasteiger partial charge in [-0.2, -0.15) is 11.8 Å². The Balaban J connectivity index is 1.81. The molecular weight excluding hydrogens is 204 g/mol. The lowest BCUT2D eigenvalue weighted by molar-refractivity contribution is 0.294. The summed E-state index contributed by atoms with van der Waals surface area (Å²) in [4.78, 5) is 0. The van der Waals surface area contributed by atoms with Crippen molar-refractivity contribution in [3.05, 3.63) is 0 Å². The minimum absolute atomic E-state index is 0.234. The molecule has 0 aromatic carbocycles. The molecule has 0 aromatic rings. The van der Waals surface area contributed by atoms with E-state index in [1.807, 2.05) is 0 Å². The topological polar surface area (TPSA) is 38.0 Å². The van der Waals surface area contributed by atoms with E-state index in [-0.39, 0.29) is 5.54 Å². The van der Waals surface area contributed by atoms with Crippen LogP contribution in [0.5, 0.6) is 0 Å². The van der Waals surface area contributed by atoms with E-state index in [4.69, 9.17) is 5.73 Å². The third-order valence-electron chi connectivity index (χ3n) is 4.00. The zero-order valence-electron chi connectivity index (χ0n) is 9.80. The number of hydrogen-bond donors (Lipinski definition) is 2. The SMILES string of the molecule is CC1SCCCC1(CN)NCCC1CC1. The Bertz CT molecular complexity index is 206. The average Bonchev–Trinajstić information content (AvgIpc) is 3.05. The van der Waals surface area contributed by atoms with Crippen LogP contribution in [0.3, 0.4) is 0 Å². The van der Waals surface area contributed by atoms with Crippen molar-refractivity contribution in [2.24, 2.45) is 11.7 Å². The van der Waals surface area contributed by atoms with Gasteiger partial charge in [0.25, 0.3) is 0 Å². The molecule has 1 aliphatic carbocycles. The average molecular weight is 228 g/mol. The summed E-state index contributed by atoms with van der Waals surface area (Å²) in [6.07, 6.45) is 6.87. The van der Waals surface area contributed by atoms with Crippen LogP contribution in [-0.2, 0) is 0 Å². The Morgan fingerprint density at radius 2 is 2.27 bits per heavy atom. The van der Waals surface area contributed by atoms with Crippen molar-refractivity contribution in [2.45, 2.75) is 49.8 Å². The van der Waals surface area contributed by atoms with E-state index in [2.05, 4.69) is 24.0 Å². The van der Waals surface area contributed by atoms with Gasteiger partial charge in [0.05, 0.1) is 0 Å². The zero-order valence-corrected chi connectivity index (χ0v) is 10.6. The number of thioether (sulfide) groups is 1. The van der Waals surface area contributed by atoms with Gasteiger partial charge in [-0.1, -0.05) is 19.8 Å². The molecule has 3 N–H and O–H groups in total. The van der Waals surface area contributed by atoms with Crippen LogP contribution in [0.25, 0.3) is 0 Å². The fourth-order valence-corrected chi connectivity index (χ4v) is 3.80. The summed E-state index contributed by atoms with van der Waals surface area (Å²) in [5.74, 6) is 2.34. The van der Waals surface area contributed by atoms with Crippen molar-refractivity contribution in [1.29, 1.82) is 0 Å². The molecular formula is C12H24N2S. The molecule has 1 saturated carbocycles. The van der Waals surface area contributed by atoms with Crippen molar-refractivity contribution in [3.8, 4) is 0 Å². The van der Waals surface area contributed by atoms with Crippen LogP contribution in [0.15, 0.2) is 0 Å². The second kappa shape index (κ2) is 5.07. The summed E-state index contributed by atoms with van der Waals surface area (Å²) in [5, 5.41) is 4.44. The number of rotatable bonds is 5. The van der Waals surface area contributed by atoms with Crippen molar-refractivity contribution in [3.63, 3.8) is 0 Å². The fourth-order valence-electron chi connectivity index (χ4n) is 2.51. The molecule has 2 rings (SSSR count). The molecule has 2 aliphatic rings. The first-order valence-corrected chi connectivity index (χ1v) is 7.38. The summed E-state index contributed by atoms with van der Waals surface area (Å²) < 4.78 is 0. The molecule has 2 fully saturated rings. The normalized spacial score (nSPS) is 36.8. The third kappa shape index (κ3) is 2.89. The smallest absolute Gasteiger partial charge is 0.0421 e. The third-order valence-corrected chi connectivity index (χ3v) is 5.48. The van der Waals surface area contributed by atoms with Crippen LogP contribution in [0.2, 0.25) is 0 Å². The molecule has 1 aliphatic heterocycles. The van der Waals surface area contributed by atoms with Crippen molar-refractivity contribution >= 4 is 11.8 Å². The maximum atomic E-state index is 5.99. The van der Waals surface area contributed by atoms with Gasteiger partial charge < -0.3 is 11.1 Å². The number of hydrogen-bond acceptors (Lipinski definition) is 3. The van der Waals surface area contributed by atoms with Gasteiger partial charge in [0, 0.05) is 17.3 Å². The molecule has 2 atom stereocenters. The quantitative estimate of drug-likeness (QED) is 0.756. The van der Waals surface area contributed by atoms with Crippen LogP contribution >= 0.6 is 11.8 Å². The van der Waals surface area contributed by atoms with Gasteiger partial charge in [0.15, 0.2) is 0 Å². The molecule has 0 spiro atoms. The van der Waals surface area contributed by atoms with Gasteiger partial charge in [-0.15, -0.1) is 0 Å². The van der Waals surface area contributed by atoms with Crippen molar-refractivity contribution in [2.75, 3.05) is 18.8 Å². The molecule has 2 nitrogen and oxygen atoms in total. The van der Waals surface area contributed by atoms with Crippen LogP contribution < -0.4 is 11.1 Å². The lowest BCUT2D eigenvalue weighted by Crippen LogP contribution is -2.59. The molecule has 0 radical (unpaired) electrons. The summed E-state index contributed by atoms with van der Waals surface area (Å²) >= 11 is 2.08.